The Morgan fingerprint density at radius 2 is 2.30 bits per heavy atom. The minimum atomic E-state index is -0.0831. The number of hydrogen-bond acceptors (Lipinski definition) is 5. The van der Waals surface area contributed by atoms with E-state index in [9.17, 15) is 4.79 Å². The van der Waals surface area contributed by atoms with Gasteiger partial charge >= 0.3 is 0 Å². The van der Waals surface area contributed by atoms with Crippen LogP contribution in [0.5, 0.6) is 0 Å². The summed E-state index contributed by atoms with van der Waals surface area (Å²) >= 11 is 1.67. The van der Waals surface area contributed by atoms with Crippen molar-refractivity contribution in [2.45, 2.75) is 20.3 Å². The molecule has 0 aliphatic heterocycles. The van der Waals surface area contributed by atoms with Crippen molar-refractivity contribution < 1.29 is 4.79 Å². The zero-order valence-corrected chi connectivity index (χ0v) is 12.5. The normalized spacial score (nSPS) is 10.5. The molecule has 106 valence electrons. The van der Waals surface area contributed by atoms with E-state index in [4.69, 9.17) is 0 Å². The van der Waals surface area contributed by atoms with E-state index in [1.54, 1.807) is 17.4 Å². The van der Waals surface area contributed by atoms with Gasteiger partial charge in [-0.25, -0.2) is 9.97 Å². The van der Waals surface area contributed by atoms with Crippen LogP contribution in [0.1, 0.15) is 17.6 Å². The van der Waals surface area contributed by atoms with Gasteiger partial charge in [-0.2, -0.15) is 0 Å². The van der Waals surface area contributed by atoms with Gasteiger partial charge in [0.15, 0.2) is 0 Å². The fourth-order valence-electron chi connectivity index (χ4n) is 1.80. The molecule has 0 aliphatic carbocycles. The second kappa shape index (κ2) is 6.47. The fourth-order valence-corrected chi connectivity index (χ4v) is 2.81. The smallest absolute Gasteiger partial charge is 0.239 e. The Morgan fingerprint density at radius 1 is 1.50 bits per heavy atom. The molecule has 1 amide bonds. The van der Waals surface area contributed by atoms with Crippen molar-refractivity contribution >= 4 is 33.3 Å². The number of rotatable bonds is 6. The number of amides is 1. The highest BCUT2D eigenvalue weighted by Crippen LogP contribution is 2.29. The first kappa shape index (κ1) is 14.5. The number of nitrogens with one attached hydrogen (secondary N) is 2. The molecule has 2 rings (SSSR count). The Labute approximate surface area is 122 Å². The maximum Gasteiger partial charge on any atom is 0.239 e. The standard InChI is InChI=1S/C14H18N4OS/c1-4-6-15-12(19)8-16-13-11-7-10(5-2)20-14(11)18-9(3)17-13/h4,7H,1,5-6,8H2,2-3H3,(H,15,19)(H,16,17,18). The second-order valence-electron chi connectivity index (χ2n) is 4.35. The summed E-state index contributed by atoms with van der Waals surface area (Å²) in [4.78, 5) is 22.6. The highest BCUT2D eigenvalue weighted by molar-refractivity contribution is 7.18. The van der Waals surface area contributed by atoms with Crippen molar-refractivity contribution in [3.05, 3.63) is 29.4 Å². The Balaban J connectivity index is 2.18. The van der Waals surface area contributed by atoms with Crippen LogP contribution in [0.15, 0.2) is 18.7 Å². The van der Waals surface area contributed by atoms with Gasteiger partial charge in [-0.15, -0.1) is 17.9 Å². The van der Waals surface area contributed by atoms with E-state index >= 15 is 0 Å². The zero-order chi connectivity index (χ0) is 14.5. The molecule has 5 nitrogen and oxygen atoms in total. The van der Waals surface area contributed by atoms with Crippen molar-refractivity contribution in [3.8, 4) is 0 Å². The van der Waals surface area contributed by atoms with Gasteiger partial charge in [-0.1, -0.05) is 13.0 Å². The molecule has 2 heterocycles. The van der Waals surface area contributed by atoms with Gasteiger partial charge in [0.25, 0.3) is 0 Å². The van der Waals surface area contributed by atoms with E-state index in [0.717, 1.165) is 22.5 Å². The first-order valence-corrected chi connectivity index (χ1v) is 7.34. The van der Waals surface area contributed by atoms with Gasteiger partial charge in [0.05, 0.1) is 11.9 Å². The van der Waals surface area contributed by atoms with E-state index < -0.39 is 0 Å². The summed E-state index contributed by atoms with van der Waals surface area (Å²) in [6.07, 6.45) is 2.62. The van der Waals surface area contributed by atoms with Gasteiger partial charge in [0, 0.05) is 11.4 Å². The number of anilines is 1. The molecule has 0 bridgehead atoms. The Hall–Kier alpha value is -1.95. The molecule has 0 saturated heterocycles. The summed E-state index contributed by atoms with van der Waals surface area (Å²) in [6.45, 7) is 8.19. The lowest BCUT2D eigenvalue weighted by atomic mass is 10.3. The van der Waals surface area contributed by atoms with Crippen molar-refractivity contribution in [1.82, 2.24) is 15.3 Å². The molecule has 2 aromatic rings. The van der Waals surface area contributed by atoms with E-state index in [2.05, 4.69) is 40.2 Å². The second-order valence-corrected chi connectivity index (χ2v) is 5.47. The van der Waals surface area contributed by atoms with Crippen molar-refractivity contribution in [2.75, 3.05) is 18.4 Å². The van der Waals surface area contributed by atoms with Crippen LogP contribution < -0.4 is 10.6 Å². The van der Waals surface area contributed by atoms with Gasteiger partial charge in [-0.05, 0) is 19.4 Å². The van der Waals surface area contributed by atoms with E-state index in [1.165, 1.54) is 4.88 Å². The molecule has 0 atom stereocenters. The zero-order valence-electron chi connectivity index (χ0n) is 11.7. The molecule has 0 saturated carbocycles. The topological polar surface area (TPSA) is 66.9 Å². The van der Waals surface area contributed by atoms with Crippen molar-refractivity contribution in [1.29, 1.82) is 0 Å². The average molecular weight is 290 g/mol. The quantitative estimate of drug-likeness (QED) is 0.801. The molecule has 0 fully saturated rings. The summed E-state index contributed by atoms with van der Waals surface area (Å²) < 4.78 is 0. The van der Waals surface area contributed by atoms with Crippen LogP contribution in [0.2, 0.25) is 0 Å². The maximum atomic E-state index is 11.6. The van der Waals surface area contributed by atoms with Crippen molar-refractivity contribution in [2.24, 2.45) is 0 Å². The molecule has 6 heteroatoms. The predicted molar refractivity (Wildman–Crippen MR) is 83.2 cm³/mol. The lowest BCUT2D eigenvalue weighted by molar-refractivity contribution is -0.119. The third-order valence-electron chi connectivity index (χ3n) is 2.76. The third-order valence-corrected chi connectivity index (χ3v) is 3.94. The van der Waals surface area contributed by atoms with Gasteiger partial charge in [0.2, 0.25) is 5.91 Å². The lowest BCUT2D eigenvalue weighted by Gasteiger charge is -2.07. The van der Waals surface area contributed by atoms with E-state index in [-0.39, 0.29) is 12.5 Å². The molecule has 0 spiro atoms. The molecule has 0 aromatic carbocycles. The number of aryl methyl sites for hydroxylation is 2. The first-order valence-electron chi connectivity index (χ1n) is 6.52. The Morgan fingerprint density at radius 3 is 3.00 bits per heavy atom. The first-order chi connectivity index (χ1) is 9.63. The summed E-state index contributed by atoms with van der Waals surface area (Å²) in [5.41, 5.74) is 0. The summed E-state index contributed by atoms with van der Waals surface area (Å²) in [6, 6.07) is 2.09. The SMILES string of the molecule is C=CCNC(=O)CNc1nc(C)nc2sc(CC)cc12. The summed E-state index contributed by atoms with van der Waals surface area (Å²) in [7, 11) is 0. The van der Waals surface area contributed by atoms with Gasteiger partial charge in [-0.3, -0.25) is 4.79 Å². The van der Waals surface area contributed by atoms with E-state index in [1.807, 2.05) is 6.92 Å². The van der Waals surface area contributed by atoms with Crippen LogP contribution in [-0.4, -0.2) is 29.0 Å². The largest absolute Gasteiger partial charge is 0.360 e. The predicted octanol–water partition coefficient (Wildman–Crippen LogP) is 2.28. The third kappa shape index (κ3) is 3.33. The number of hydrogen-bond donors (Lipinski definition) is 2. The molecule has 2 N–H and O–H groups in total. The minimum Gasteiger partial charge on any atom is -0.360 e. The summed E-state index contributed by atoms with van der Waals surface area (Å²) in [5.74, 6) is 1.34. The van der Waals surface area contributed by atoms with Gasteiger partial charge in [0.1, 0.15) is 16.5 Å². The summed E-state index contributed by atoms with van der Waals surface area (Å²) in [5, 5.41) is 6.79. The van der Waals surface area contributed by atoms with Crippen LogP contribution in [0.25, 0.3) is 10.2 Å². The molecular formula is C14H18N4OS. The molecule has 2 aromatic heterocycles. The molecular weight excluding hydrogens is 272 g/mol. The lowest BCUT2D eigenvalue weighted by Crippen LogP contribution is -2.30. The number of aromatic nitrogens is 2. The van der Waals surface area contributed by atoms with Crippen LogP contribution in [-0.2, 0) is 11.2 Å². The highest BCUT2D eigenvalue weighted by atomic mass is 32.1. The maximum absolute atomic E-state index is 11.6. The highest BCUT2D eigenvalue weighted by Gasteiger charge is 2.10. The number of thiophene rings is 1. The number of fused-ring (bicyclic) bond motifs is 1. The van der Waals surface area contributed by atoms with Crippen molar-refractivity contribution in [3.63, 3.8) is 0 Å². The Kier molecular flexibility index (Phi) is 4.68. The molecule has 0 radical (unpaired) electrons. The van der Waals surface area contributed by atoms with E-state index in [0.29, 0.717) is 12.4 Å². The molecule has 0 unspecified atom stereocenters. The fraction of sp³-hybridized carbons (Fsp3) is 0.357. The number of carbonyl (C=O) groups is 1. The van der Waals surface area contributed by atoms with Crippen LogP contribution >= 0.6 is 11.3 Å². The number of carbonyl (C=O) groups excluding carboxylic acids is 1. The van der Waals surface area contributed by atoms with Crippen LogP contribution in [0.4, 0.5) is 5.82 Å². The minimum absolute atomic E-state index is 0.0831. The average Bonchev–Trinajstić information content (AvgIpc) is 2.85. The molecule has 0 aliphatic rings. The van der Waals surface area contributed by atoms with Crippen LogP contribution in [0.3, 0.4) is 0 Å². The van der Waals surface area contributed by atoms with Gasteiger partial charge < -0.3 is 10.6 Å². The monoisotopic (exact) mass is 290 g/mol. The van der Waals surface area contributed by atoms with Crippen LogP contribution in [0, 0.1) is 6.92 Å². The number of nitrogens with zero attached hydrogens (tertiary/aromatic N) is 2. The molecule has 20 heavy (non-hydrogen) atoms. The Bertz CT molecular complexity index is 635.